The summed E-state index contributed by atoms with van der Waals surface area (Å²) in [7, 11) is 0. The first kappa shape index (κ1) is 14.7. The van der Waals surface area contributed by atoms with Crippen LogP contribution in [0, 0.1) is 0 Å². The number of hydrogen-bond donors (Lipinski definition) is 1. The number of carbonyl (C=O) groups excluding carboxylic acids is 2. The van der Waals surface area contributed by atoms with Gasteiger partial charge in [-0.25, -0.2) is 0 Å². The summed E-state index contributed by atoms with van der Waals surface area (Å²) in [6, 6.07) is -0.801. The fourth-order valence-electron chi connectivity index (χ4n) is 1.90. The van der Waals surface area contributed by atoms with Gasteiger partial charge in [0.2, 0.25) is 11.8 Å². The number of amides is 2. The maximum atomic E-state index is 12.1. The molecule has 1 fully saturated rings. The lowest BCUT2D eigenvalue weighted by molar-refractivity contribution is -0.149. The van der Waals surface area contributed by atoms with Crippen LogP contribution in [0.5, 0.6) is 0 Å². The van der Waals surface area contributed by atoms with E-state index in [1.165, 1.54) is 0 Å². The van der Waals surface area contributed by atoms with E-state index in [1.807, 2.05) is 6.92 Å². The Balaban J connectivity index is 2.47. The van der Waals surface area contributed by atoms with Gasteiger partial charge in [-0.3, -0.25) is 9.59 Å². The molecule has 1 rings (SSSR count). The fraction of sp³-hybridized carbons (Fsp3) is 0.692. The van der Waals surface area contributed by atoms with Gasteiger partial charge in [-0.05, 0) is 19.8 Å². The third-order valence-electron chi connectivity index (χ3n) is 3.10. The molecule has 0 radical (unpaired) electrons. The number of nitrogens with zero attached hydrogens (tertiary/aromatic N) is 1. The van der Waals surface area contributed by atoms with E-state index in [1.54, 1.807) is 17.9 Å². The highest BCUT2D eigenvalue weighted by Crippen LogP contribution is 2.11. The van der Waals surface area contributed by atoms with Gasteiger partial charge in [0.25, 0.3) is 0 Å². The molecule has 2 unspecified atom stereocenters. The van der Waals surface area contributed by atoms with Gasteiger partial charge in [0.1, 0.15) is 12.1 Å². The van der Waals surface area contributed by atoms with Crippen molar-refractivity contribution in [3.8, 4) is 0 Å². The van der Waals surface area contributed by atoms with Crippen LogP contribution < -0.4 is 5.32 Å². The number of hydrogen-bond acceptors (Lipinski definition) is 3. The first-order chi connectivity index (χ1) is 8.61. The van der Waals surface area contributed by atoms with Gasteiger partial charge in [-0.15, -0.1) is 6.58 Å². The Hall–Kier alpha value is -1.36. The molecular formula is C13H22N2O3. The SMILES string of the molecule is C=CCCOCCN1C(=O)C(CC)NC(=O)C1C. The van der Waals surface area contributed by atoms with Crippen molar-refractivity contribution in [3.63, 3.8) is 0 Å². The van der Waals surface area contributed by atoms with E-state index in [-0.39, 0.29) is 17.9 Å². The Morgan fingerprint density at radius 2 is 2.17 bits per heavy atom. The molecule has 1 aliphatic heterocycles. The van der Waals surface area contributed by atoms with E-state index in [0.29, 0.717) is 26.2 Å². The van der Waals surface area contributed by atoms with Crippen LogP contribution >= 0.6 is 0 Å². The van der Waals surface area contributed by atoms with Crippen LogP contribution in [0.2, 0.25) is 0 Å². The lowest BCUT2D eigenvalue weighted by Gasteiger charge is -2.37. The second kappa shape index (κ2) is 7.16. The van der Waals surface area contributed by atoms with Crippen LogP contribution in [0.25, 0.3) is 0 Å². The fourth-order valence-corrected chi connectivity index (χ4v) is 1.90. The summed E-state index contributed by atoms with van der Waals surface area (Å²) in [6.45, 7) is 8.74. The van der Waals surface area contributed by atoms with E-state index in [9.17, 15) is 9.59 Å². The minimum Gasteiger partial charge on any atom is -0.379 e. The van der Waals surface area contributed by atoms with Crippen molar-refractivity contribution in [3.05, 3.63) is 12.7 Å². The van der Waals surface area contributed by atoms with Gasteiger partial charge >= 0.3 is 0 Å². The molecule has 1 saturated heterocycles. The molecule has 0 spiro atoms. The minimum absolute atomic E-state index is 0.0167. The van der Waals surface area contributed by atoms with Crippen molar-refractivity contribution in [1.82, 2.24) is 10.2 Å². The molecule has 0 aromatic carbocycles. The van der Waals surface area contributed by atoms with E-state index in [0.717, 1.165) is 6.42 Å². The molecule has 102 valence electrons. The zero-order chi connectivity index (χ0) is 13.5. The molecule has 1 aliphatic rings. The average Bonchev–Trinajstić information content (AvgIpc) is 2.37. The number of carbonyl (C=O) groups is 2. The Morgan fingerprint density at radius 1 is 1.44 bits per heavy atom. The Bertz CT molecular complexity index is 317. The summed E-state index contributed by atoms with van der Waals surface area (Å²) in [5.74, 6) is -0.107. The van der Waals surface area contributed by atoms with Gasteiger partial charge in [0.15, 0.2) is 0 Å². The minimum atomic E-state index is -0.414. The zero-order valence-electron chi connectivity index (χ0n) is 11.1. The number of rotatable bonds is 7. The Morgan fingerprint density at radius 3 is 2.78 bits per heavy atom. The van der Waals surface area contributed by atoms with Crippen LogP contribution in [0.1, 0.15) is 26.7 Å². The maximum Gasteiger partial charge on any atom is 0.245 e. The molecule has 2 amide bonds. The van der Waals surface area contributed by atoms with Crippen molar-refractivity contribution in [2.45, 2.75) is 38.8 Å². The quantitative estimate of drug-likeness (QED) is 0.537. The van der Waals surface area contributed by atoms with Crippen molar-refractivity contribution < 1.29 is 14.3 Å². The van der Waals surface area contributed by atoms with Crippen molar-refractivity contribution >= 4 is 11.8 Å². The van der Waals surface area contributed by atoms with Crippen LogP contribution in [0.15, 0.2) is 12.7 Å². The third kappa shape index (κ3) is 3.57. The highest BCUT2D eigenvalue weighted by atomic mass is 16.5. The molecule has 1 heterocycles. The lowest BCUT2D eigenvalue weighted by Crippen LogP contribution is -2.62. The summed E-state index contributed by atoms with van der Waals surface area (Å²) < 4.78 is 5.38. The topological polar surface area (TPSA) is 58.6 Å². The van der Waals surface area contributed by atoms with E-state index < -0.39 is 6.04 Å². The molecule has 0 saturated carbocycles. The molecule has 2 atom stereocenters. The van der Waals surface area contributed by atoms with Crippen molar-refractivity contribution in [1.29, 1.82) is 0 Å². The highest BCUT2D eigenvalue weighted by molar-refractivity contribution is 5.96. The first-order valence-electron chi connectivity index (χ1n) is 6.41. The molecule has 1 N–H and O–H groups in total. The van der Waals surface area contributed by atoms with Crippen LogP contribution in [-0.2, 0) is 14.3 Å². The van der Waals surface area contributed by atoms with Crippen molar-refractivity contribution in [2.75, 3.05) is 19.8 Å². The highest BCUT2D eigenvalue weighted by Gasteiger charge is 2.36. The second-order valence-corrected chi connectivity index (χ2v) is 4.37. The molecule has 0 aromatic rings. The van der Waals surface area contributed by atoms with Crippen LogP contribution in [0.4, 0.5) is 0 Å². The normalized spacial score (nSPS) is 24.0. The van der Waals surface area contributed by atoms with E-state index >= 15 is 0 Å². The molecule has 0 bridgehead atoms. The molecule has 0 aromatic heterocycles. The summed E-state index contributed by atoms with van der Waals surface area (Å²) >= 11 is 0. The number of piperazine rings is 1. The van der Waals surface area contributed by atoms with Gasteiger partial charge in [-0.2, -0.15) is 0 Å². The number of nitrogens with one attached hydrogen (secondary N) is 1. The monoisotopic (exact) mass is 254 g/mol. The first-order valence-corrected chi connectivity index (χ1v) is 6.41. The standard InChI is InChI=1S/C13H22N2O3/c1-4-6-8-18-9-7-15-10(3)12(16)14-11(5-2)13(15)17/h4,10-11H,1,5-9H2,2-3H3,(H,14,16). The molecular weight excluding hydrogens is 232 g/mol. The van der Waals surface area contributed by atoms with Crippen LogP contribution in [-0.4, -0.2) is 48.6 Å². The largest absolute Gasteiger partial charge is 0.379 e. The van der Waals surface area contributed by atoms with Gasteiger partial charge < -0.3 is 15.0 Å². The third-order valence-corrected chi connectivity index (χ3v) is 3.10. The van der Waals surface area contributed by atoms with Gasteiger partial charge in [0, 0.05) is 6.54 Å². The van der Waals surface area contributed by atoms with Crippen molar-refractivity contribution in [2.24, 2.45) is 0 Å². The second-order valence-electron chi connectivity index (χ2n) is 4.37. The lowest BCUT2D eigenvalue weighted by atomic mass is 10.1. The van der Waals surface area contributed by atoms with Gasteiger partial charge in [0.05, 0.1) is 13.2 Å². The molecule has 5 nitrogen and oxygen atoms in total. The summed E-state index contributed by atoms with van der Waals surface area (Å²) in [5.41, 5.74) is 0. The number of ether oxygens (including phenoxy) is 1. The summed E-state index contributed by atoms with van der Waals surface area (Å²) in [6.07, 6.45) is 3.20. The zero-order valence-corrected chi connectivity index (χ0v) is 11.1. The summed E-state index contributed by atoms with van der Waals surface area (Å²) in [5, 5.41) is 2.72. The smallest absolute Gasteiger partial charge is 0.245 e. The van der Waals surface area contributed by atoms with E-state index in [4.69, 9.17) is 4.74 Å². The van der Waals surface area contributed by atoms with E-state index in [2.05, 4.69) is 11.9 Å². The Labute approximate surface area is 108 Å². The maximum absolute atomic E-state index is 12.1. The average molecular weight is 254 g/mol. The van der Waals surface area contributed by atoms with Gasteiger partial charge in [-0.1, -0.05) is 13.0 Å². The Kier molecular flexibility index (Phi) is 5.85. The predicted octanol–water partition coefficient (Wildman–Crippen LogP) is 0.705. The predicted molar refractivity (Wildman–Crippen MR) is 69.0 cm³/mol. The van der Waals surface area contributed by atoms with Crippen LogP contribution in [0.3, 0.4) is 0 Å². The summed E-state index contributed by atoms with van der Waals surface area (Å²) in [4.78, 5) is 25.4. The molecule has 0 aliphatic carbocycles. The molecule has 5 heteroatoms. The molecule has 18 heavy (non-hydrogen) atoms.